The lowest BCUT2D eigenvalue weighted by molar-refractivity contribution is 0.522. The fourth-order valence-corrected chi connectivity index (χ4v) is 3.20. The summed E-state index contributed by atoms with van der Waals surface area (Å²) in [6.07, 6.45) is 4.17. The fraction of sp³-hybridized carbons (Fsp3) is 0.636. The van der Waals surface area contributed by atoms with Gasteiger partial charge in [0.25, 0.3) is 0 Å². The quantitative estimate of drug-likeness (QED) is 0.845. The number of hydrogen-bond donors (Lipinski definition) is 2. The Balaban J connectivity index is 1.80. The SMILES string of the molecule is NCC(NCCC1CC1)c1ccc(Br)s1. The number of thiophene rings is 1. The van der Waals surface area contributed by atoms with Gasteiger partial charge in [0.2, 0.25) is 0 Å². The summed E-state index contributed by atoms with van der Waals surface area (Å²) in [5.41, 5.74) is 5.78. The summed E-state index contributed by atoms with van der Waals surface area (Å²) in [6.45, 7) is 1.78. The molecule has 0 spiro atoms. The van der Waals surface area contributed by atoms with Crippen LogP contribution in [0.2, 0.25) is 0 Å². The lowest BCUT2D eigenvalue weighted by Crippen LogP contribution is -2.28. The van der Waals surface area contributed by atoms with Gasteiger partial charge in [-0.25, -0.2) is 0 Å². The van der Waals surface area contributed by atoms with Gasteiger partial charge in [-0.2, -0.15) is 0 Å². The predicted molar refractivity (Wildman–Crippen MR) is 69.2 cm³/mol. The molecule has 0 aromatic carbocycles. The highest BCUT2D eigenvalue weighted by molar-refractivity contribution is 9.11. The first-order valence-electron chi connectivity index (χ1n) is 5.48. The Morgan fingerprint density at radius 1 is 1.53 bits per heavy atom. The molecule has 1 aliphatic carbocycles. The highest BCUT2D eigenvalue weighted by Gasteiger charge is 2.21. The molecule has 1 aromatic rings. The molecule has 2 nitrogen and oxygen atoms in total. The lowest BCUT2D eigenvalue weighted by atomic mass is 10.2. The third kappa shape index (κ3) is 3.55. The molecular weight excluding hydrogens is 272 g/mol. The van der Waals surface area contributed by atoms with Crippen molar-refractivity contribution in [3.8, 4) is 0 Å². The van der Waals surface area contributed by atoms with E-state index in [-0.39, 0.29) is 0 Å². The Bertz CT molecular complexity index is 309. The van der Waals surface area contributed by atoms with Crippen LogP contribution in [0.3, 0.4) is 0 Å². The maximum Gasteiger partial charge on any atom is 0.0702 e. The van der Waals surface area contributed by atoms with Crippen LogP contribution in [-0.4, -0.2) is 13.1 Å². The van der Waals surface area contributed by atoms with Gasteiger partial charge < -0.3 is 11.1 Å². The molecule has 0 aliphatic heterocycles. The highest BCUT2D eigenvalue weighted by atomic mass is 79.9. The van der Waals surface area contributed by atoms with Crippen LogP contribution in [0.25, 0.3) is 0 Å². The van der Waals surface area contributed by atoms with Crippen LogP contribution in [-0.2, 0) is 0 Å². The van der Waals surface area contributed by atoms with E-state index in [0.29, 0.717) is 12.6 Å². The molecule has 1 saturated carbocycles. The molecule has 1 atom stereocenters. The van der Waals surface area contributed by atoms with E-state index in [1.165, 1.54) is 27.9 Å². The fourth-order valence-electron chi connectivity index (χ4n) is 1.68. The molecule has 0 bridgehead atoms. The van der Waals surface area contributed by atoms with Crippen molar-refractivity contribution in [1.29, 1.82) is 0 Å². The van der Waals surface area contributed by atoms with E-state index in [4.69, 9.17) is 5.73 Å². The number of hydrogen-bond acceptors (Lipinski definition) is 3. The number of rotatable bonds is 6. The summed E-state index contributed by atoms with van der Waals surface area (Å²) < 4.78 is 1.18. The van der Waals surface area contributed by atoms with Gasteiger partial charge in [-0.3, -0.25) is 0 Å². The first-order valence-corrected chi connectivity index (χ1v) is 7.09. The van der Waals surface area contributed by atoms with Crippen molar-refractivity contribution in [3.05, 3.63) is 20.8 Å². The normalized spacial score (nSPS) is 18.0. The van der Waals surface area contributed by atoms with Crippen molar-refractivity contribution in [1.82, 2.24) is 5.32 Å². The van der Waals surface area contributed by atoms with Crippen molar-refractivity contribution in [2.75, 3.05) is 13.1 Å². The molecule has 3 N–H and O–H groups in total. The Hall–Kier alpha value is 0.1000. The Morgan fingerprint density at radius 3 is 2.87 bits per heavy atom. The van der Waals surface area contributed by atoms with Gasteiger partial charge in [-0.1, -0.05) is 12.8 Å². The van der Waals surface area contributed by atoms with Crippen molar-refractivity contribution in [2.45, 2.75) is 25.3 Å². The van der Waals surface area contributed by atoms with Crippen LogP contribution in [0.5, 0.6) is 0 Å². The second kappa shape index (κ2) is 5.43. The molecule has 0 radical (unpaired) electrons. The summed E-state index contributed by atoms with van der Waals surface area (Å²) in [5.74, 6) is 0.992. The molecule has 1 aliphatic rings. The largest absolute Gasteiger partial charge is 0.329 e. The minimum atomic E-state index is 0.333. The summed E-state index contributed by atoms with van der Waals surface area (Å²) in [4.78, 5) is 1.33. The Kier molecular flexibility index (Phi) is 4.20. The number of halogens is 1. The molecule has 1 heterocycles. The van der Waals surface area contributed by atoms with Gasteiger partial charge in [0.05, 0.1) is 9.83 Å². The third-order valence-corrected chi connectivity index (χ3v) is 4.55. The van der Waals surface area contributed by atoms with E-state index < -0.39 is 0 Å². The topological polar surface area (TPSA) is 38.0 Å². The zero-order chi connectivity index (χ0) is 10.7. The first kappa shape index (κ1) is 11.6. The van der Waals surface area contributed by atoms with Gasteiger partial charge in [-0.05, 0) is 46.9 Å². The van der Waals surface area contributed by atoms with E-state index in [9.17, 15) is 0 Å². The lowest BCUT2D eigenvalue weighted by Gasteiger charge is -2.14. The smallest absolute Gasteiger partial charge is 0.0702 e. The van der Waals surface area contributed by atoms with E-state index in [2.05, 4.69) is 33.4 Å². The minimum absolute atomic E-state index is 0.333. The summed E-state index contributed by atoms with van der Waals surface area (Å²) >= 11 is 5.25. The monoisotopic (exact) mass is 288 g/mol. The number of nitrogens with one attached hydrogen (secondary N) is 1. The zero-order valence-corrected chi connectivity index (χ0v) is 11.1. The Labute approximate surface area is 103 Å². The molecule has 0 amide bonds. The summed E-state index contributed by atoms with van der Waals surface area (Å²) in [5, 5.41) is 3.53. The van der Waals surface area contributed by atoms with Crippen LogP contribution in [0.4, 0.5) is 0 Å². The average Bonchev–Trinajstić information content (AvgIpc) is 2.96. The maximum absolute atomic E-state index is 5.78. The van der Waals surface area contributed by atoms with Gasteiger partial charge in [0.15, 0.2) is 0 Å². The van der Waals surface area contributed by atoms with Crippen molar-refractivity contribution in [3.63, 3.8) is 0 Å². The van der Waals surface area contributed by atoms with Gasteiger partial charge in [0.1, 0.15) is 0 Å². The van der Waals surface area contributed by atoms with Gasteiger partial charge in [0, 0.05) is 11.4 Å². The van der Waals surface area contributed by atoms with Crippen LogP contribution >= 0.6 is 27.3 Å². The predicted octanol–water partition coefficient (Wildman–Crippen LogP) is 2.90. The van der Waals surface area contributed by atoms with Gasteiger partial charge >= 0.3 is 0 Å². The maximum atomic E-state index is 5.78. The zero-order valence-electron chi connectivity index (χ0n) is 8.71. The highest BCUT2D eigenvalue weighted by Crippen LogP contribution is 2.32. The second-order valence-corrected chi connectivity index (χ2v) is 6.61. The van der Waals surface area contributed by atoms with E-state index >= 15 is 0 Å². The van der Waals surface area contributed by atoms with E-state index in [1.54, 1.807) is 11.3 Å². The molecular formula is C11H17BrN2S. The summed E-state index contributed by atoms with van der Waals surface area (Å²) in [7, 11) is 0. The Morgan fingerprint density at radius 2 is 2.33 bits per heavy atom. The van der Waals surface area contributed by atoms with E-state index in [1.807, 2.05) is 0 Å². The first-order chi connectivity index (χ1) is 7.29. The minimum Gasteiger partial charge on any atom is -0.329 e. The van der Waals surface area contributed by atoms with Crippen molar-refractivity contribution < 1.29 is 0 Å². The summed E-state index contributed by atoms with van der Waals surface area (Å²) in [6, 6.07) is 4.57. The van der Waals surface area contributed by atoms with Gasteiger partial charge in [-0.15, -0.1) is 11.3 Å². The average molecular weight is 289 g/mol. The molecule has 1 unspecified atom stereocenters. The number of nitrogens with two attached hydrogens (primary N) is 1. The van der Waals surface area contributed by atoms with Crippen LogP contribution in [0, 0.1) is 5.92 Å². The van der Waals surface area contributed by atoms with E-state index in [0.717, 1.165) is 12.5 Å². The van der Waals surface area contributed by atoms with Crippen LogP contribution in [0.15, 0.2) is 15.9 Å². The molecule has 1 fully saturated rings. The standard InChI is InChI=1S/C11H17BrN2S/c12-11-4-3-10(15-11)9(7-13)14-6-5-8-1-2-8/h3-4,8-9,14H,1-2,5-7,13H2. The van der Waals surface area contributed by atoms with Crippen molar-refractivity contribution in [2.24, 2.45) is 11.7 Å². The molecule has 84 valence electrons. The third-order valence-electron chi connectivity index (χ3n) is 2.81. The van der Waals surface area contributed by atoms with Crippen LogP contribution in [0.1, 0.15) is 30.2 Å². The molecule has 1 aromatic heterocycles. The molecule has 4 heteroatoms. The second-order valence-electron chi connectivity index (χ2n) is 4.12. The van der Waals surface area contributed by atoms with Crippen molar-refractivity contribution >= 4 is 27.3 Å². The van der Waals surface area contributed by atoms with Crippen LogP contribution < -0.4 is 11.1 Å². The molecule has 15 heavy (non-hydrogen) atoms. The molecule has 2 rings (SSSR count). The molecule has 0 saturated heterocycles.